The molecule has 0 fully saturated rings. The minimum Gasteiger partial charge on any atom is -0.507 e. The van der Waals surface area contributed by atoms with Gasteiger partial charge in [0.1, 0.15) is 10.7 Å². The van der Waals surface area contributed by atoms with E-state index in [0.717, 1.165) is 12.1 Å². The Labute approximate surface area is 413 Å². The number of hydrogen-bond acceptors (Lipinski definition) is 14. The van der Waals surface area contributed by atoms with Gasteiger partial charge in [-0.25, -0.2) is 4.21 Å². The predicted octanol–water partition coefficient (Wildman–Crippen LogP) is 8.05. The SMILES string of the molecule is Nc1ccc(C(=O)Nc2ccc3cccc(OS(=O)(=O)c4cc5c(c(NC(=O)c6cccc(N)c6)c4)C(O)=CC(S(=O)O)(S(=O)(=O)Oc4cccc6ccc(NC(=O)c7ccc(N)cc7)cc46)C5)c3c2)cc1. The van der Waals surface area contributed by atoms with Crippen LogP contribution in [0.2, 0.25) is 0 Å². The quantitative estimate of drug-likeness (QED) is 0.0308. The summed E-state index contributed by atoms with van der Waals surface area (Å²) in [4.78, 5) is 39.2. The highest BCUT2D eigenvalue weighted by Gasteiger charge is 2.54. The molecule has 8 aromatic carbocycles. The maximum absolute atomic E-state index is 14.6. The van der Waals surface area contributed by atoms with Crippen molar-refractivity contribution in [1.29, 1.82) is 0 Å². The number of nitrogen functional groups attached to an aromatic ring is 3. The molecule has 0 aromatic heterocycles. The second kappa shape index (κ2) is 18.9. The molecule has 0 bridgehead atoms. The number of aliphatic hydroxyl groups excluding tert-OH is 1. The van der Waals surface area contributed by atoms with Crippen molar-refractivity contribution in [1.82, 2.24) is 0 Å². The van der Waals surface area contributed by atoms with Gasteiger partial charge in [-0.15, -0.1) is 0 Å². The van der Waals surface area contributed by atoms with Crippen LogP contribution in [0.15, 0.2) is 169 Å². The molecule has 0 aliphatic heterocycles. The van der Waals surface area contributed by atoms with Crippen LogP contribution in [-0.2, 0) is 37.7 Å². The van der Waals surface area contributed by atoms with Crippen LogP contribution in [0.4, 0.5) is 34.1 Å². The summed E-state index contributed by atoms with van der Waals surface area (Å²) in [7, 11) is -10.4. The van der Waals surface area contributed by atoms with E-state index in [-0.39, 0.29) is 67.3 Å². The maximum Gasteiger partial charge on any atom is 0.339 e. The third kappa shape index (κ3) is 9.59. The molecule has 0 heterocycles. The van der Waals surface area contributed by atoms with Gasteiger partial charge in [0.2, 0.25) is 4.08 Å². The van der Waals surface area contributed by atoms with Crippen molar-refractivity contribution in [3.05, 3.63) is 192 Å². The zero-order valence-electron chi connectivity index (χ0n) is 37.2. The zero-order chi connectivity index (χ0) is 51.1. The van der Waals surface area contributed by atoms with Gasteiger partial charge in [-0.2, -0.15) is 16.8 Å². The van der Waals surface area contributed by atoms with E-state index < -0.39 is 70.2 Å². The highest BCUT2D eigenvalue weighted by Crippen LogP contribution is 2.44. The summed E-state index contributed by atoms with van der Waals surface area (Å²) in [5.41, 5.74) is 18.7. The number of carbonyl (C=O) groups excluding carboxylic acids is 3. The Morgan fingerprint density at radius 3 is 1.61 bits per heavy atom. The second-order valence-electron chi connectivity index (χ2n) is 16.5. The Bertz CT molecular complexity index is 3830. The van der Waals surface area contributed by atoms with Gasteiger partial charge < -0.3 is 51.2 Å². The molecular formula is C51H40N6O12S3. The van der Waals surface area contributed by atoms with Crippen LogP contribution >= 0.6 is 0 Å². The number of rotatable bonds is 13. The molecule has 0 radical (unpaired) electrons. The first-order valence-corrected chi connectivity index (χ1v) is 25.4. The first kappa shape index (κ1) is 48.3. The Morgan fingerprint density at radius 2 is 1.08 bits per heavy atom. The van der Waals surface area contributed by atoms with Gasteiger partial charge in [-0.3, -0.25) is 14.4 Å². The average molecular weight is 1030 g/mol. The van der Waals surface area contributed by atoms with Gasteiger partial charge in [0.05, 0.1) is 5.69 Å². The average Bonchev–Trinajstić information content (AvgIpc) is 3.34. The number of amides is 3. The lowest BCUT2D eigenvalue weighted by molar-refractivity contribution is 0.101. The summed E-state index contributed by atoms with van der Waals surface area (Å²) in [5.74, 6) is -3.28. The summed E-state index contributed by atoms with van der Waals surface area (Å²) < 4.78 is 91.2. The molecule has 0 spiro atoms. The van der Waals surface area contributed by atoms with Crippen LogP contribution in [0.1, 0.15) is 42.2 Å². The Morgan fingerprint density at radius 1 is 0.569 bits per heavy atom. The monoisotopic (exact) mass is 1020 g/mol. The summed E-state index contributed by atoms with van der Waals surface area (Å²) in [6.45, 7) is 0. The third-order valence-electron chi connectivity index (χ3n) is 11.6. The molecule has 0 saturated heterocycles. The molecule has 11 N–H and O–H groups in total. The van der Waals surface area contributed by atoms with Crippen molar-refractivity contribution < 1.29 is 53.5 Å². The molecule has 9 rings (SSSR count). The van der Waals surface area contributed by atoms with Crippen LogP contribution in [0.25, 0.3) is 27.3 Å². The van der Waals surface area contributed by atoms with Gasteiger partial charge in [-0.1, -0.05) is 42.5 Å². The summed E-state index contributed by atoms with van der Waals surface area (Å²) in [6.07, 6.45) is -0.411. The van der Waals surface area contributed by atoms with Crippen molar-refractivity contribution >= 4 is 110 Å². The van der Waals surface area contributed by atoms with Crippen molar-refractivity contribution in [3.63, 3.8) is 0 Å². The predicted molar refractivity (Wildman–Crippen MR) is 276 cm³/mol. The molecular weight excluding hydrogens is 985 g/mol. The van der Waals surface area contributed by atoms with Gasteiger partial charge >= 0.3 is 20.2 Å². The first-order chi connectivity index (χ1) is 34.3. The second-order valence-corrected chi connectivity index (χ2v) is 21.3. The molecule has 2 atom stereocenters. The van der Waals surface area contributed by atoms with Crippen LogP contribution in [0, 0.1) is 0 Å². The summed E-state index contributed by atoms with van der Waals surface area (Å²) in [6, 6.07) is 38.2. The van der Waals surface area contributed by atoms with E-state index in [1.807, 2.05) is 0 Å². The minimum atomic E-state index is -5.39. The molecule has 1 aliphatic carbocycles. The van der Waals surface area contributed by atoms with Gasteiger partial charge in [0.15, 0.2) is 22.6 Å². The summed E-state index contributed by atoms with van der Waals surface area (Å²) in [5, 5.41) is 21.2. The standard InChI is InChI=1S/C51H40N6O12S3/c52-35-16-10-31(11-17-35)48(59)55-38-20-14-29-4-2-8-45(41(29)24-38)68-71(64,65)40-23-34-27-51(70(62)63,28-44(58)47(34)43(26-40)57-50(61)33-6-1-7-37(54)22-33)72(66,67)69-46-9-3-5-30-15-21-39(25-42(30)46)56-49(60)32-12-18-36(53)19-13-32/h1-26,28,58H,27,52-54H2,(H,55,59)(H,56,60)(H,57,61)(H,62,63). The van der Waals surface area contributed by atoms with Crippen LogP contribution in [-0.4, -0.2) is 52.5 Å². The fraction of sp³-hybridized carbons (Fsp3) is 0.0392. The molecule has 3 amide bonds. The Kier molecular flexibility index (Phi) is 12.6. The van der Waals surface area contributed by atoms with Crippen LogP contribution < -0.4 is 41.5 Å². The van der Waals surface area contributed by atoms with Gasteiger partial charge in [0.25, 0.3) is 17.7 Å². The van der Waals surface area contributed by atoms with E-state index in [4.69, 9.17) is 25.6 Å². The molecule has 8 aromatic rings. The topological polar surface area (TPSA) is 310 Å². The third-order valence-corrected chi connectivity index (χ3v) is 16.2. The van der Waals surface area contributed by atoms with Gasteiger partial charge in [0, 0.05) is 67.9 Å². The molecule has 2 unspecified atom stereocenters. The van der Waals surface area contributed by atoms with E-state index in [1.165, 1.54) is 84.9 Å². The number of anilines is 6. The molecule has 72 heavy (non-hydrogen) atoms. The zero-order valence-corrected chi connectivity index (χ0v) is 39.7. The van der Waals surface area contributed by atoms with Crippen molar-refractivity contribution in [2.75, 3.05) is 33.2 Å². The number of hydrogen-bond donors (Lipinski definition) is 8. The van der Waals surface area contributed by atoms with E-state index in [2.05, 4.69) is 16.0 Å². The lowest BCUT2D eigenvalue weighted by Gasteiger charge is -2.32. The van der Waals surface area contributed by atoms with Gasteiger partial charge in [-0.05, 0) is 138 Å². The number of fused-ring (bicyclic) bond motifs is 3. The van der Waals surface area contributed by atoms with E-state index in [9.17, 15) is 45.1 Å². The fourth-order valence-electron chi connectivity index (χ4n) is 8.01. The smallest absolute Gasteiger partial charge is 0.339 e. The molecule has 21 heteroatoms. The maximum atomic E-state index is 14.6. The number of aliphatic hydroxyl groups is 1. The largest absolute Gasteiger partial charge is 0.507 e. The number of carbonyl (C=O) groups is 3. The van der Waals surface area contributed by atoms with Crippen molar-refractivity contribution in [2.24, 2.45) is 0 Å². The van der Waals surface area contributed by atoms with E-state index in [1.54, 1.807) is 60.7 Å². The fourth-order valence-corrected chi connectivity index (χ4v) is 11.4. The van der Waals surface area contributed by atoms with Crippen molar-refractivity contribution in [3.8, 4) is 11.5 Å². The lowest BCUT2D eigenvalue weighted by atomic mass is 9.93. The van der Waals surface area contributed by atoms with E-state index >= 15 is 0 Å². The highest BCUT2D eigenvalue weighted by atomic mass is 32.3. The normalized spacial score (nSPS) is 14.9. The first-order valence-electron chi connectivity index (χ1n) is 21.4. The Hall–Kier alpha value is -8.76. The Balaban J connectivity index is 1.09. The highest BCUT2D eigenvalue weighted by molar-refractivity contribution is 8.03. The minimum absolute atomic E-state index is 0.0208. The summed E-state index contributed by atoms with van der Waals surface area (Å²) >= 11 is -3.43. The lowest BCUT2D eigenvalue weighted by Crippen LogP contribution is -2.47. The van der Waals surface area contributed by atoms with Crippen LogP contribution in [0.3, 0.4) is 0 Å². The van der Waals surface area contributed by atoms with E-state index in [0.29, 0.717) is 33.8 Å². The molecule has 0 saturated carbocycles. The number of nitrogens with two attached hydrogens (primary N) is 3. The molecule has 18 nitrogen and oxygen atoms in total. The van der Waals surface area contributed by atoms with Crippen LogP contribution in [0.5, 0.6) is 11.5 Å². The molecule has 364 valence electrons. The number of nitrogens with one attached hydrogen (secondary N) is 3. The number of benzene rings is 8. The van der Waals surface area contributed by atoms with Crippen molar-refractivity contribution in [2.45, 2.75) is 15.4 Å². The molecule has 1 aliphatic rings.